The Hall–Kier alpha value is -2.05. The number of carbonyl (C=O) groups excluding carboxylic acids is 1. The molecule has 3 aromatic rings. The lowest BCUT2D eigenvalue weighted by Gasteiger charge is -2.17. The highest BCUT2D eigenvalue weighted by molar-refractivity contribution is 6.42. The molecule has 0 atom stereocenters. The summed E-state index contributed by atoms with van der Waals surface area (Å²) in [4.78, 5) is 14.2. The molecule has 1 heterocycles. The number of aromatic hydroxyl groups is 2. The van der Waals surface area contributed by atoms with E-state index in [1.807, 2.05) is 0 Å². The molecule has 1 amide bonds. The van der Waals surface area contributed by atoms with Crippen molar-refractivity contribution in [2.45, 2.75) is 13.1 Å². The molecule has 29 heavy (non-hydrogen) atoms. The molecule has 5 nitrogen and oxygen atoms in total. The van der Waals surface area contributed by atoms with E-state index < -0.39 is 17.5 Å². The van der Waals surface area contributed by atoms with Crippen LogP contribution in [0.2, 0.25) is 20.1 Å². The number of hydrogen-bond donors (Lipinski definition) is 2. The van der Waals surface area contributed by atoms with Crippen LogP contribution < -0.4 is 0 Å². The Labute approximate surface area is 187 Å². The average molecular weight is 474 g/mol. The number of benzene rings is 2. The summed E-state index contributed by atoms with van der Waals surface area (Å²) >= 11 is 23.8. The Morgan fingerprint density at radius 3 is 2.07 bits per heavy atom. The monoisotopic (exact) mass is 472 g/mol. The van der Waals surface area contributed by atoms with Gasteiger partial charge in [0.1, 0.15) is 5.56 Å². The van der Waals surface area contributed by atoms with Gasteiger partial charge in [0.15, 0.2) is 5.75 Å². The molecule has 0 aliphatic rings. The number of carbonyl (C=O) groups is 1. The third-order valence-electron chi connectivity index (χ3n) is 4.34. The number of aromatic nitrogens is 1. The fraction of sp³-hybridized carbons (Fsp3) is 0.150. The molecule has 0 unspecified atom stereocenters. The normalized spacial score (nSPS) is 10.9. The summed E-state index contributed by atoms with van der Waals surface area (Å²) in [6, 6.07) is 10.1. The van der Waals surface area contributed by atoms with Crippen molar-refractivity contribution in [2.24, 2.45) is 0 Å². The molecular weight excluding hydrogens is 458 g/mol. The lowest BCUT2D eigenvalue weighted by atomic mass is 10.2. The molecule has 0 saturated heterocycles. The molecule has 2 aromatic carbocycles. The second-order valence-electron chi connectivity index (χ2n) is 6.50. The van der Waals surface area contributed by atoms with Crippen molar-refractivity contribution in [1.82, 2.24) is 9.47 Å². The van der Waals surface area contributed by atoms with Crippen molar-refractivity contribution in [1.29, 1.82) is 0 Å². The lowest BCUT2D eigenvalue weighted by Crippen LogP contribution is -2.26. The van der Waals surface area contributed by atoms with Crippen molar-refractivity contribution in [2.75, 3.05) is 7.05 Å². The molecular formula is C20H16Cl4N2O3. The van der Waals surface area contributed by atoms with Gasteiger partial charge in [0.05, 0.1) is 26.6 Å². The lowest BCUT2D eigenvalue weighted by molar-refractivity contribution is 0.0782. The minimum absolute atomic E-state index is 0.0230. The van der Waals surface area contributed by atoms with Crippen LogP contribution in [0.15, 0.2) is 42.6 Å². The van der Waals surface area contributed by atoms with Crippen LogP contribution in [-0.4, -0.2) is 32.6 Å². The van der Waals surface area contributed by atoms with E-state index in [4.69, 9.17) is 46.4 Å². The maximum Gasteiger partial charge on any atom is 0.259 e. The largest absolute Gasteiger partial charge is 0.503 e. The molecule has 0 radical (unpaired) electrons. The van der Waals surface area contributed by atoms with Crippen molar-refractivity contribution in [3.05, 3.63) is 79.4 Å². The van der Waals surface area contributed by atoms with Gasteiger partial charge < -0.3 is 19.7 Å². The Balaban J connectivity index is 1.80. The van der Waals surface area contributed by atoms with E-state index in [0.29, 0.717) is 20.1 Å². The molecule has 0 bridgehead atoms. The fourth-order valence-electron chi connectivity index (χ4n) is 2.84. The smallest absolute Gasteiger partial charge is 0.259 e. The zero-order valence-electron chi connectivity index (χ0n) is 15.2. The van der Waals surface area contributed by atoms with Gasteiger partial charge >= 0.3 is 0 Å². The second kappa shape index (κ2) is 8.76. The van der Waals surface area contributed by atoms with Crippen molar-refractivity contribution < 1.29 is 15.0 Å². The first kappa shape index (κ1) is 21.7. The molecule has 1 aromatic heterocycles. The van der Waals surface area contributed by atoms with Gasteiger partial charge in [-0.2, -0.15) is 0 Å². The number of hydrogen-bond acceptors (Lipinski definition) is 3. The topological polar surface area (TPSA) is 65.7 Å². The van der Waals surface area contributed by atoms with Gasteiger partial charge in [-0.25, -0.2) is 0 Å². The van der Waals surface area contributed by atoms with Crippen molar-refractivity contribution >= 4 is 52.3 Å². The van der Waals surface area contributed by atoms with Crippen LogP contribution in [0.1, 0.15) is 21.5 Å². The van der Waals surface area contributed by atoms with Gasteiger partial charge in [-0.3, -0.25) is 4.79 Å². The van der Waals surface area contributed by atoms with Crippen LogP contribution in [0, 0.1) is 0 Å². The molecule has 3 rings (SSSR count). The van der Waals surface area contributed by atoms with Crippen LogP contribution in [0.3, 0.4) is 0 Å². The molecule has 2 N–H and O–H groups in total. The van der Waals surface area contributed by atoms with E-state index in [0.717, 1.165) is 11.1 Å². The fourth-order valence-corrected chi connectivity index (χ4v) is 3.48. The van der Waals surface area contributed by atoms with Gasteiger partial charge in [-0.15, -0.1) is 0 Å². The SMILES string of the molecule is CN(Cc1ccc(Cl)c(Cl)c1)C(=O)c1cn(Cc2ccc(Cl)c(Cl)c2)c(O)c1O. The molecule has 0 saturated carbocycles. The highest BCUT2D eigenvalue weighted by Crippen LogP contribution is 2.33. The number of amides is 1. The van der Waals surface area contributed by atoms with Gasteiger partial charge in [0, 0.05) is 19.8 Å². The molecule has 0 spiro atoms. The van der Waals surface area contributed by atoms with E-state index in [-0.39, 0.29) is 18.7 Å². The molecule has 0 fully saturated rings. The van der Waals surface area contributed by atoms with E-state index in [1.54, 1.807) is 43.4 Å². The first-order valence-electron chi connectivity index (χ1n) is 8.41. The highest BCUT2D eigenvalue weighted by Gasteiger charge is 2.23. The summed E-state index contributed by atoms with van der Waals surface area (Å²) in [5.74, 6) is -1.37. The minimum atomic E-state index is -0.490. The van der Waals surface area contributed by atoms with Gasteiger partial charge in [0.2, 0.25) is 5.88 Å². The number of rotatable bonds is 5. The zero-order chi connectivity index (χ0) is 21.3. The third kappa shape index (κ3) is 4.75. The van der Waals surface area contributed by atoms with E-state index in [1.165, 1.54) is 15.7 Å². The Morgan fingerprint density at radius 2 is 1.48 bits per heavy atom. The van der Waals surface area contributed by atoms with E-state index in [9.17, 15) is 15.0 Å². The Bertz CT molecular complexity index is 1080. The van der Waals surface area contributed by atoms with Crippen LogP contribution in [0.4, 0.5) is 0 Å². The standard InChI is InChI=1S/C20H16Cl4N2O3/c1-25(8-11-2-4-14(21)16(23)6-11)19(28)13-10-26(20(29)18(13)27)9-12-3-5-15(22)17(24)7-12/h2-7,10,27,29H,8-9H2,1H3. The number of halogens is 4. The van der Waals surface area contributed by atoms with Crippen LogP contribution in [-0.2, 0) is 13.1 Å². The molecule has 152 valence electrons. The molecule has 0 aliphatic heterocycles. The zero-order valence-corrected chi connectivity index (χ0v) is 18.2. The van der Waals surface area contributed by atoms with E-state index in [2.05, 4.69) is 0 Å². The summed E-state index contributed by atoms with van der Waals surface area (Å²) in [6.45, 7) is 0.438. The second-order valence-corrected chi connectivity index (χ2v) is 8.13. The maximum absolute atomic E-state index is 12.8. The quantitative estimate of drug-likeness (QED) is 0.489. The first-order chi connectivity index (χ1) is 13.7. The Kier molecular flexibility index (Phi) is 6.54. The average Bonchev–Trinajstić information content (AvgIpc) is 2.95. The summed E-state index contributed by atoms with van der Waals surface area (Å²) in [7, 11) is 1.58. The molecule has 9 heteroatoms. The Morgan fingerprint density at radius 1 is 0.931 bits per heavy atom. The highest BCUT2D eigenvalue weighted by atomic mass is 35.5. The minimum Gasteiger partial charge on any atom is -0.503 e. The molecule has 0 aliphatic carbocycles. The summed E-state index contributed by atoms with van der Waals surface area (Å²) < 4.78 is 1.36. The van der Waals surface area contributed by atoms with Gasteiger partial charge in [0.25, 0.3) is 5.91 Å². The predicted molar refractivity (Wildman–Crippen MR) is 116 cm³/mol. The van der Waals surface area contributed by atoms with Gasteiger partial charge in [-0.1, -0.05) is 58.5 Å². The third-order valence-corrected chi connectivity index (χ3v) is 5.82. The number of nitrogens with zero attached hydrogens (tertiary/aromatic N) is 2. The summed E-state index contributed by atoms with van der Waals surface area (Å²) in [6.07, 6.45) is 1.39. The summed E-state index contributed by atoms with van der Waals surface area (Å²) in [5.41, 5.74) is 1.49. The van der Waals surface area contributed by atoms with Gasteiger partial charge in [-0.05, 0) is 35.4 Å². The van der Waals surface area contributed by atoms with Crippen molar-refractivity contribution in [3.63, 3.8) is 0 Å². The summed E-state index contributed by atoms with van der Waals surface area (Å²) in [5, 5.41) is 22.1. The predicted octanol–water partition coefficient (Wildman–Crippen LogP) is 5.83. The maximum atomic E-state index is 12.8. The van der Waals surface area contributed by atoms with Crippen molar-refractivity contribution in [3.8, 4) is 11.6 Å². The van der Waals surface area contributed by atoms with Crippen LogP contribution in [0.25, 0.3) is 0 Å². The van der Waals surface area contributed by atoms with Crippen LogP contribution in [0.5, 0.6) is 11.6 Å². The first-order valence-corrected chi connectivity index (χ1v) is 9.93. The van der Waals surface area contributed by atoms with E-state index >= 15 is 0 Å². The van der Waals surface area contributed by atoms with Crippen LogP contribution >= 0.6 is 46.4 Å².